The lowest BCUT2D eigenvalue weighted by Crippen LogP contribution is -2.67. The Labute approximate surface area is 166 Å². The van der Waals surface area contributed by atoms with Gasteiger partial charge in [0.15, 0.2) is 0 Å². The van der Waals surface area contributed by atoms with Gasteiger partial charge in [-0.2, -0.15) is 0 Å². The lowest BCUT2D eigenvalue weighted by atomic mass is 10.2. The first kappa shape index (κ1) is 20.1. The van der Waals surface area contributed by atoms with Crippen LogP contribution in [0.3, 0.4) is 0 Å². The number of azide groups is 1. The standard InChI is InChI=1S/C21H25N3O3Si/c1-21(2,3)28(17-10-6-4-7-11-17,18-12-8-5-9-13-18)26-15-16-14-19(23-24-22)20(25)27-16/h4-13,16,19H,14-15H2,1-3H3/t16-,19-/m1/s1. The van der Waals surface area contributed by atoms with Crippen molar-refractivity contribution in [2.24, 2.45) is 5.11 Å². The van der Waals surface area contributed by atoms with E-state index in [4.69, 9.17) is 14.7 Å². The van der Waals surface area contributed by atoms with Gasteiger partial charge in [-0.25, -0.2) is 0 Å². The fourth-order valence-electron chi connectivity index (χ4n) is 3.87. The van der Waals surface area contributed by atoms with Gasteiger partial charge in [0.2, 0.25) is 0 Å². The largest absolute Gasteiger partial charge is 0.460 e. The van der Waals surface area contributed by atoms with Gasteiger partial charge in [0.05, 0.1) is 6.61 Å². The van der Waals surface area contributed by atoms with E-state index >= 15 is 0 Å². The van der Waals surface area contributed by atoms with E-state index in [0.29, 0.717) is 6.42 Å². The molecule has 0 spiro atoms. The van der Waals surface area contributed by atoms with E-state index in [9.17, 15) is 4.79 Å². The molecule has 2 aromatic carbocycles. The molecule has 0 aromatic heterocycles. The van der Waals surface area contributed by atoms with Crippen molar-refractivity contribution in [1.29, 1.82) is 0 Å². The molecule has 7 heteroatoms. The summed E-state index contributed by atoms with van der Waals surface area (Å²) in [5, 5.41) is 5.72. The Balaban J connectivity index is 1.98. The van der Waals surface area contributed by atoms with E-state index in [0.717, 1.165) is 0 Å². The van der Waals surface area contributed by atoms with E-state index in [1.165, 1.54) is 10.4 Å². The lowest BCUT2D eigenvalue weighted by molar-refractivity contribution is -0.143. The quantitative estimate of drug-likeness (QED) is 0.246. The molecular weight excluding hydrogens is 370 g/mol. The van der Waals surface area contributed by atoms with Crippen molar-refractivity contribution in [3.05, 3.63) is 71.1 Å². The van der Waals surface area contributed by atoms with Crippen LogP contribution in [-0.2, 0) is 14.0 Å². The summed E-state index contributed by atoms with van der Waals surface area (Å²) in [4.78, 5) is 14.6. The fraction of sp³-hybridized carbons (Fsp3) is 0.381. The Kier molecular flexibility index (Phi) is 5.89. The van der Waals surface area contributed by atoms with E-state index in [-0.39, 0.29) is 11.6 Å². The number of carbonyl (C=O) groups is 1. The molecule has 3 rings (SSSR count). The number of nitrogens with zero attached hydrogens (tertiary/aromatic N) is 3. The van der Waals surface area contributed by atoms with Crippen LogP contribution < -0.4 is 10.4 Å². The zero-order chi connectivity index (χ0) is 20.2. The number of hydrogen-bond donors (Lipinski definition) is 0. The second-order valence-corrected chi connectivity index (χ2v) is 12.3. The Bertz CT molecular complexity index is 822. The molecular formula is C21H25N3O3Si. The van der Waals surface area contributed by atoms with Crippen molar-refractivity contribution in [3.63, 3.8) is 0 Å². The maximum Gasteiger partial charge on any atom is 0.315 e. The monoisotopic (exact) mass is 395 g/mol. The first-order valence-corrected chi connectivity index (χ1v) is 11.3. The second-order valence-electron chi connectivity index (χ2n) is 7.99. The molecule has 28 heavy (non-hydrogen) atoms. The summed E-state index contributed by atoms with van der Waals surface area (Å²) in [6, 6.07) is 19.8. The molecule has 0 amide bonds. The van der Waals surface area contributed by atoms with E-state index in [2.05, 4.69) is 55.1 Å². The maximum absolute atomic E-state index is 11.9. The molecule has 0 unspecified atom stereocenters. The average Bonchev–Trinajstić information content (AvgIpc) is 3.03. The zero-order valence-corrected chi connectivity index (χ0v) is 17.4. The first-order chi connectivity index (χ1) is 13.4. The first-order valence-electron chi connectivity index (χ1n) is 9.38. The Morgan fingerprint density at radius 1 is 1.11 bits per heavy atom. The predicted molar refractivity (Wildman–Crippen MR) is 111 cm³/mol. The molecule has 1 fully saturated rings. The summed E-state index contributed by atoms with van der Waals surface area (Å²) in [6.45, 7) is 6.87. The molecule has 146 valence electrons. The van der Waals surface area contributed by atoms with Gasteiger partial charge >= 0.3 is 5.97 Å². The van der Waals surface area contributed by atoms with Crippen LogP contribution in [0.4, 0.5) is 0 Å². The van der Waals surface area contributed by atoms with Crippen molar-refractivity contribution < 1.29 is 14.0 Å². The van der Waals surface area contributed by atoms with Crippen LogP contribution in [0, 0.1) is 0 Å². The van der Waals surface area contributed by atoms with Gasteiger partial charge in [-0.1, -0.05) is 86.5 Å². The number of cyclic esters (lactones) is 1. The van der Waals surface area contributed by atoms with Gasteiger partial charge in [-0.15, -0.1) is 0 Å². The minimum atomic E-state index is -2.67. The van der Waals surface area contributed by atoms with Crippen molar-refractivity contribution >= 4 is 24.7 Å². The number of esters is 1. The zero-order valence-electron chi connectivity index (χ0n) is 16.4. The molecule has 1 heterocycles. The van der Waals surface area contributed by atoms with Crippen molar-refractivity contribution in [2.75, 3.05) is 6.61 Å². The third kappa shape index (κ3) is 3.82. The van der Waals surface area contributed by atoms with Crippen LogP contribution in [0.2, 0.25) is 5.04 Å². The van der Waals surface area contributed by atoms with Crippen molar-refractivity contribution in [1.82, 2.24) is 0 Å². The van der Waals surface area contributed by atoms with E-state index in [1.807, 2.05) is 36.4 Å². The minimum Gasteiger partial charge on any atom is -0.460 e. The molecule has 0 radical (unpaired) electrons. The van der Waals surface area contributed by atoms with Gasteiger partial charge in [0.1, 0.15) is 12.1 Å². The summed E-state index contributed by atoms with van der Waals surface area (Å²) in [5.41, 5.74) is 8.62. The average molecular weight is 396 g/mol. The molecule has 1 saturated heterocycles. The van der Waals surface area contributed by atoms with Crippen molar-refractivity contribution in [2.45, 2.75) is 44.4 Å². The van der Waals surface area contributed by atoms with Gasteiger partial charge in [-0.3, -0.25) is 4.79 Å². The second kappa shape index (κ2) is 8.18. The maximum atomic E-state index is 11.9. The fourth-order valence-corrected chi connectivity index (χ4v) is 8.47. The van der Waals surface area contributed by atoms with Crippen LogP contribution >= 0.6 is 0 Å². The normalized spacial score (nSPS) is 19.8. The van der Waals surface area contributed by atoms with Crippen LogP contribution in [-0.4, -0.2) is 33.0 Å². The van der Waals surface area contributed by atoms with Crippen molar-refractivity contribution in [3.8, 4) is 0 Å². The summed E-state index contributed by atoms with van der Waals surface area (Å²) in [7, 11) is -2.67. The van der Waals surface area contributed by atoms with Crippen LogP contribution in [0.1, 0.15) is 27.2 Å². The molecule has 0 bridgehead atoms. The molecule has 0 saturated carbocycles. The van der Waals surface area contributed by atoms with Gasteiger partial charge in [0, 0.05) is 11.3 Å². The number of carbonyl (C=O) groups excluding carboxylic acids is 1. The van der Waals surface area contributed by atoms with Crippen LogP contribution in [0.15, 0.2) is 65.8 Å². The van der Waals surface area contributed by atoms with E-state index < -0.39 is 26.4 Å². The summed E-state index contributed by atoms with van der Waals surface area (Å²) in [5.74, 6) is -0.478. The highest BCUT2D eigenvalue weighted by atomic mass is 28.4. The molecule has 6 nitrogen and oxygen atoms in total. The van der Waals surface area contributed by atoms with E-state index in [1.54, 1.807) is 0 Å². The highest BCUT2D eigenvalue weighted by molar-refractivity contribution is 6.99. The van der Waals surface area contributed by atoms with Crippen LogP contribution in [0.25, 0.3) is 10.4 Å². The lowest BCUT2D eigenvalue weighted by Gasteiger charge is -2.43. The van der Waals surface area contributed by atoms with Gasteiger partial charge in [-0.05, 0) is 20.9 Å². The third-order valence-electron chi connectivity index (χ3n) is 5.13. The summed E-state index contributed by atoms with van der Waals surface area (Å²) < 4.78 is 12.2. The Morgan fingerprint density at radius 3 is 2.11 bits per heavy atom. The molecule has 0 aliphatic carbocycles. The Morgan fingerprint density at radius 2 is 1.64 bits per heavy atom. The van der Waals surface area contributed by atoms with Crippen LogP contribution in [0.5, 0.6) is 0 Å². The SMILES string of the molecule is CC(C)(C)[Si](OC[C@H]1C[C@@H](N=[N+]=[N-])C(=O)O1)(c1ccccc1)c1ccccc1. The number of ether oxygens (including phenoxy) is 1. The molecule has 0 N–H and O–H groups in total. The Hall–Kier alpha value is -2.60. The molecule has 2 aromatic rings. The highest BCUT2D eigenvalue weighted by Crippen LogP contribution is 2.37. The van der Waals surface area contributed by atoms with Gasteiger partial charge in [0.25, 0.3) is 8.32 Å². The third-order valence-corrected chi connectivity index (χ3v) is 10.1. The predicted octanol–water partition coefficient (Wildman–Crippen LogP) is 3.56. The van der Waals surface area contributed by atoms with Gasteiger partial charge < -0.3 is 9.16 Å². The molecule has 1 aliphatic rings. The molecule has 1 aliphatic heterocycles. The number of benzene rings is 2. The molecule has 2 atom stereocenters. The summed E-state index contributed by atoms with van der Waals surface area (Å²) >= 11 is 0. The minimum absolute atomic E-state index is 0.150. The number of hydrogen-bond acceptors (Lipinski definition) is 4. The topological polar surface area (TPSA) is 84.3 Å². The highest BCUT2D eigenvalue weighted by Gasteiger charge is 2.51. The smallest absolute Gasteiger partial charge is 0.315 e. The number of rotatable bonds is 6. The summed E-state index contributed by atoms with van der Waals surface area (Å²) in [6.07, 6.45) is -0.0641.